The fraction of sp³-hybridized carbons (Fsp3) is 0.400. The van der Waals surface area contributed by atoms with Crippen molar-refractivity contribution < 1.29 is 4.74 Å². The summed E-state index contributed by atoms with van der Waals surface area (Å²) in [6.07, 6.45) is 4.84. The average molecular weight is 278 g/mol. The highest BCUT2D eigenvalue weighted by Gasteiger charge is 2.33. The van der Waals surface area contributed by atoms with Crippen LogP contribution in [0.25, 0.3) is 11.1 Å². The van der Waals surface area contributed by atoms with Crippen LogP contribution in [0.4, 0.5) is 0 Å². The van der Waals surface area contributed by atoms with Gasteiger partial charge in [-0.25, -0.2) is 0 Å². The van der Waals surface area contributed by atoms with Crippen molar-refractivity contribution in [2.45, 2.75) is 44.9 Å². The largest absolute Gasteiger partial charge is 0.497 e. The summed E-state index contributed by atoms with van der Waals surface area (Å²) in [5, 5.41) is 0. The third-order valence-electron chi connectivity index (χ3n) is 5.41. The predicted molar refractivity (Wildman–Crippen MR) is 87.2 cm³/mol. The average Bonchev–Trinajstić information content (AvgIpc) is 2.82. The number of hydrogen-bond acceptors (Lipinski definition) is 1. The molecule has 4 rings (SSSR count). The number of hydrogen-bond donors (Lipinski definition) is 0. The molecule has 0 heterocycles. The third-order valence-corrected chi connectivity index (χ3v) is 5.41. The summed E-state index contributed by atoms with van der Waals surface area (Å²) in [6.45, 7) is 4.76. The van der Waals surface area contributed by atoms with Crippen molar-refractivity contribution in [3.63, 3.8) is 0 Å². The van der Waals surface area contributed by atoms with Crippen LogP contribution >= 0.6 is 0 Å². The van der Waals surface area contributed by atoms with E-state index in [2.05, 4.69) is 44.2 Å². The molecule has 0 bridgehead atoms. The molecular weight excluding hydrogens is 256 g/mol. The van der Waals surface area contributed by atoms with E-state index in [4.69, 9.17) is 4.74 Å². The smallest absolute Gasteiger partial charge is 0.119 e. The molecule has 0 amide bonds. The van der Waals surface area contributed by atoms with Crippen LogP contribution in [-0.2, 0) is 24.7 Å². The standard InChI is InChI=1S/C20H22O/c1-20(2)11-10-18-17-6-4-13-12-14(21-3)5-7-15(13)16(17)8-9-19(18)20/h5,7-9,12H,4,6,10-11H2,1-3H3. The van der Waals surface area contributed by atoms with Gasteiger partial charge in [-0.15, -0.1) is 0 Å². The summed E-state index contributed by atoms with van der Waals surface area (Å²) >= 11 is 0. The second kappa shape index (κ2) is 4.37. The van der Waals surface area contributed by atoms with E-state index in [1.165, 1.54) is 36.0 Å². The van der Waals surface area contributed by atoms with E-state index in [0.717, 1.165) is 12.2 Å². The summed E-state index contributed by atoms with van der Waals surface area (Å²) in [7, 11) is 1.74. The lowest BCUT2D eigenvalue weighted by Crippen LogP contribution is -2.13. The number of benzene rings is 2. The van der Waals surface area contributed by atoms with Gasteiger partial charge in [0.05, 0.1) is 7.11 Å². The van der Waals surface area contributed by atoms with Gasteiger partial charge in [0.15, 0.2) is 0 Å². The molecule has 2 aliphatic rings. The maximum atomic E-state index is 5.37. The molecule has 0 radical (unpaired) electrons. The Kier molecular flexibility index (Phi) is 2.69. The molecule has 2 aromatic carbocycles. The van der Waals surface area contributed by atoms with E-state index in [0.29, 0.717) is 5.41 Å². The summed E-state index contributed by atoms with van der Waals surface area (Å²) < 4.78 is 5.37. The van der Waals surface area contributed by atoms with E-state index in [1.807, 2.05) is 0 Å². The molecule has 0 atom stereocenters. The minimum absolute atomic E-state index is 0.352. The topological polar surface area (TPSA) is 9.23 Å². The Balaban J connectivity index is 1.90. The maximum absolute atomic E-state index is 5.37. The van der Waals surface area contributed by atoms with Crippen LogP contribution in [0.2, 0.25) is 0 Å². The highest BCUT2D eigenvalue weighted by atomic mass is 16.5. The second-order valence-corrected chi connectivity index (χ2v) is 7.02. The number of aryl methyl sites for hydroxylation is 1. The monoisotopic (exact) mass is 278 g/mol. The number of fused-ring (bicyclic) bond motifs is 5. The first-order valence-corrected chi connectivity index (χ1v) is 7.93. The Labute approximate surface area is 127 Å². The Morgan fingerprint density at radius 3 is 2.52 bits per heavy atom. The van der Waals surface area contributed by atoms with Gasteiger partial charge >= 0.3 is 0 Å². The zero-order valence-corrected chi connectivity index (χ0v) is 13.1. The quantitative estimate of drug-likeness (QED) is 0.735. The lowest BCUT2D eigenvalue weighted by Gasteiger charge is -2.25. The molecule has 1 nitrogen and oxygen atoms in total. The van der Waals surface area contributed by atoms with Crippen LogP contribution in [0.3, 0.4) is 0 Å². The molecule has 0 saturated heterocycles. The van der Waals surface area contributed by atoms with Crippen LogP contribution in [0, 0.1) is 0 Å². The van der Waals surface area contributed by atoms with Crippen molar-refractivity contribution in [3.05, 3.63) is 52.6 Å². The van der Waals surface area contributed by atoms with Crippen molar-refractivity contribution in [2.75, 3.05) is 7.11 Å². The van der Waals surface area contributed by atoms with Crippen LogP contribution < -0.4 is 4.74 Å². The highest BCUT2D eigenvalue weighted by molar-refractivity contribution is 5.76. The summed E-state index contributed by atoms with van der Waals surface area (Å²) in [4.78, 5) is 0. The molecule has 0 saturated carbocycles. The van der Waals surface area contributed by atoms with Crippen molar-refractivity contribution in [1.29, 1.82) is 0 Å². The van der Waals surface area contributed by atoms with Gasteiger partial charge in [0.2, 0.25) is 0 Å². The maximum Gasteiger partial charge on any atom is 0.119 e. The molecule has 21 heavy (non-hydrogen) atoms. The first kappa shape index (κ1) is 12.9. The molecule has 0 N–H and O–H groups in total. The molecule has 0 fully saturated rings. The molecule has 0 spiro atoms. The van der Waals surface area contributed by atoms with Crippen LogP contribution in [0.5, 0.6) is 5.75 Å². The Morgan fingerprint density at radius 1 is 0.905 bits per heavy atom. The molecular formula is C20H22O. The summed E-state index contributed by atoms with van der Waals surface area (Å²) in [6, 6.07) is 11.3. The lowest BCUT2D eigenvalue weighted by molar-refractivity contribution is 0.414. The van der Waals surface area contributed by atoms with Crippen molar-refractivity contribution in [3.8, 4) is 16.9 Å². The summed E-state index contributed by atoms with van der Waals surface area (Å²) in [5.41, 5.74) is 9.47. The van der Waals surface area contributed by atoms with Gasteiger partial charge in [-0.3, -0.25) is 0 Å². The molecule has 108 valence electrons. The van der Waals surface area contributed by atoms with Gasteiger partial charge in [0.25, 0.3) is 0 Å². The SMILES string of the molecule is COc1ccc2c(c1)CCc1c-2ccc2c1CCC2(C)C. The van der Waals surface area contributed by atoms with Crippen molar-refractivity contribution >= 4 is 0 Å². The highest BCUT2D eigenvalue weighted by Crippen LogP contribution is 2.45. The lowest BCUT2D eigenvalue weighted by atomic mass is 9.80. The van der Waals surface area contributed by atoms with Gasteiger partial charge in [-0.1, -0.05) is 32.0 Å². The van der Waals surface area contributed by atoms with Gasteiger partial charge in [-0.05, 0) is 76.6 Å². The van der Waals surface area contributed by atoms with Crippen LogP contribution in [0.15, 0.2) is 30.3 Å². The first-order chi connectivity index (χ1) is 10.1. The van der Waals surface area contributed by atoms with Gasteiger partial charge < -0.3 is 4.74 Å². The van der Waals surface area contributed by atoms with Crippen LogP contribution in [-0.4, -0.2) is 7.11 Å². The number of methoxy groups -OCH3 is 1. The van der Waals surface area contributed by atoms with Gasteiger partial charge in [-0.2, -0.15) is 0 Å². The summed E-state index contributed by atoms with van der Waals surface area (Å²) in [5.74, 6) is 0.972. The molecule has 2 aromatic rings. The number of ether oxygens (including phenoxy) is 1. The zero-order chi connectivity index (χ0) is 14.6. The zero-order valence-electron chi connectivity index (χ0n) is 13.1. The van der Waals surface area contributed by atoms with Crippen LogP contribution in [0.1, 0.15) is 42.5 Å². The Morgan fingerprint density at radius 2 is 1.71 bits per heavy atom. The fourth-order valence-corrected chi connectivity index (χ4v) is 4.15. The molecule has 0 aromatic heterocycles. The normalized spacial score (nSPS) is 17.9. The van der Waals surface area contributed by atoms with E-state index >= 15 is 0 Å². The minimum Gasteiger partial charge on any atom is -0.497 e. The second-order valence-electron chi connectivity index (χ2n) is 7.02. The Bertz CT molecular complexity index is 725. The van der Waals surface area contributed by atoms with E-state index < -0.39 is 0 Å². The van der Waals surface area contributed by atoms with Crippen molar-refractivity contribution in [2.24, 2.45) is 0 Å². The minimum atomic E-state index is 0.352. The van der Waals surface area contributed by atoms with Crippen molar-refractivity contribution in [1.82, 2.24) is 0 Å². The first-order valence-electron chi connectivity index (χ1n) is 7.93. The fourth-order valence-electron chi connectivity index (χ4n) is 4.15. The molecule has 2 aliphatic carbocycles. The molecule has 1 heteroatoms. The van der Waals surface area contributed by atoms with E-state index in [1.54, 1.807) is 23.8 Å². The van der Waals surface area contributed by atoms with Gasteiger partial charge in [0, 0.05) is 0 Å². The Hall–Kier alpha value is -1.76. The van der Waals surface area contributed by atoms with Gasteiger partial charge in [0.1, 0.15) is 5.75 Å². The molecule has 0 unspecified atom stereocenters. The third kappa shape index (κ3) is 1.83. The number of rotatable bonds is 1. The predicted octanol–water partition coefficient (Wildman–Crippen LogP) is 4.68. The van der Waals surface area contributed by atoms with E-state index in [-0.39, 0.29) is 0 Å². The molecule has 0 aliphatic heterocycles. The van der Waals surface area contributed by atoms with E-state index in [9.17, 15) is 0 Å².